The molecule has 0 unspecified atom stereocenters. The van der Waals surface area contributed by atoms with Crippen LogP contribution in [0.5, 0.6) is 0 Å². The molecule has 0 spiro atoms. The van der Waals surface area contributed by atoms with Gasteiger partial charge in [0.25, 0.3) is 0 Å². The Morgan fingerprint density at radius 2 is 2.19 bits per heavy atom. The summed E-state index contributed by atoms with van der Waals surface area (Å²) in [6.45, 7) is 2.57. The van der Waals surface area contributed by atoms with Gasteiger partial charge in [0.2, 0.25) is 11.8 Å². The first-order valence-electron chi connectivity index (χ1n) is 6.85. The Balaban J connectivity index is 2.03. The number of hydrogen-bond donors (Lipinski definition) is 1. The number of aromatic nitrogens is 2. The van der Waals surface area contributed by atoms with Crippen molar-refractivity contribution in [1.29, 1.82) is 0 Å². The van der Waals surface area contributed by atoms with Crippen molar-refractivity contribution in [1.82, 2.24) is 24.9 Å². The lowest BCUT2D eigenvalue weighted by molar-refractivity contribution is -0.133. The molecule has 21 heavy (non-hydrogen) atoms. The van der Waals surface area contributed by atoms with Crippen molar-refractivity contribution in [2.24, 2.45) is 5.92 Å². The summed E-state index contributed by atoms with van der Waals surface area (Å²) in [5.74, 6) is -0.310. The Morgan fingerprint density at radius 3 is 2.81 bits per heavy atom. The first-order valence-corrected chi connectivity index (χ1v) is 7.23. The van der Waals surface area contributed by atoms with E-state index in [1.54, 1.807) is 18.1 Å². The Morgan fingerprint density at radius 1 is 1.43 bits per heavy atom. The van der Waals surface area contributed by atoms with E-state index in [0.717, 1.165) is 6.54 Å². The number of carbonyl (C=O) groups excluding carboxylic acids is 2. The topological polar surface area (TPSA) is 70.5 Å². The molecule has 2 amide bonds. The molecule has 0 bridgehead atoms. The van der Waals surface area contributed by atoms with Gasteiger partial charge in [0, 0.05) is 39.4 Å². The van der Waals surface area contributed by atoms with Gasteiger partial charge in [-0.3, -0.25) is 14.3 Å². The molecule has 1 atom stereocenters. The van der Waals surface area contributed by atoms with Crippen LogP contribution in [-0.2, 0) is 16.1 Å². The molecule has 1 N–H and O–H groups in total. The van der Waals surface area contributed by atoms with Crippen LogP contribution >= 0.6 is 11.6 Å². The van der Waals surface area contributed by atoms with Crippen LogP contribution in [0.4, 0.5) is 0 Å². The van der Waals surface area contributed by atoms with Crippen molar-refractivity contribution in [2.45, 2.75) is 6.54 Å². The summed E-state index contributed by atoms with van der Waals surface area (Å²) in [5.41, 5.74) is 0. The minimum absolute atomic E-state index is 0.0383. The molecule has 1 saturated heterocycles. The lowest BCUT2D eigenvalue weighted by Crippen LogP contribution is -2.42. The number of nitrogens with zero attached hydrogens (tertiary/aromatic N) is 4. The largest absolute Gasteiger partial charge is 0.359 e. The maximum Gasteiger partial charge on any atom is 0.244 e. The molecule has 8 heteroatoms. The Hall–Kier alpha value is -1.60. The van der Waals surface area contributed by atoms with Crippen molar-refractivity contribution in [3.05, 3.63) is 17.4 Å². The third-order valence-electron chi connectivity index (χ3n) is 3.59. The average Bonchev–Trinajstić information content (AvgIpc) is 2.74. The Bertz CT molecular complexity index is 518. The second-order valence-corrected chi connectivity index (χ2v) is 5.71. The van der Waals surface area contributed by atoms with Gasteiger partial charge in [0.15, 0.2) is 0 Å². The van der Waals surface area contributed by atoms with Gasteiger partial charge in [0.05, 0.1) is 17.1 Å². The first kappa shape index (κ1) is 15.8. The molecular formula is C13H20ClN5O2. The van der Waals surface area contributed by atoms with Gasteiger partial charge in [-0.25, -0.2) is 0 Å². The highest BCUT2D eigenvalue weighted by Crippen LogP contribution is 2.10. The highest BCUT2D eigenvalue weighted by molar-refractivity contribution is 6.30. The number of halogens is 1. The zero-order valence-corrected chi connectivity index (χ0v) is 13.0. The van der Waals surface area contributed by atoms with Gasteiger partial charge in [-0.05, 0) is 7.05 Å². The zero-order valence-electron chi connectivity index (χ0n) is 12.3. The highest BCUT2D eigenvalue weighted by atomic mass is 35.5. The third-order valence-corrected chi connectivity index (χ3v) is 3.79. The highest BCUT2D eigenvalue weighted by Gasteiger charge is 2.28. The molecular weight excluding hydrogens is 294 g/mol. The summed E-state index contributed by atoms with van der Waals surface area (Å²) >= 11 is 5.79. The summed E-state index contributed by atoms with van der Waals surface area (Å²) in [6, 6.07) is 0. The van der Waals surface area contributed by atoms with E-state index in [-0.39, 0.29) is 24.3 Å². The molecule has 1 aromatic heterocycles. The van der Waals surface area contributed by atoms with Crippen molar-refractivity contribution in [2.75, 3.05) is 40.3 Å². The molecule has 1 aliphatic heterocycles. The van der Waals surface area contributed by atoms with Crippen molar-refractivity contribution in [3.8, 4) is 0 Å². The van der Waals surface area contributed by atoms with Crippen LogP contribution in [0.15, 0.2) is 12.4 Å². The number of amides is 2. The van der Waals surface area contributed by atoms with E-state index in [2.05, 4.69) is 15.3 Å². The van der Waals surface area contributed by atoms with Crippen LogP contribution in [0.1, 0.15) is 0 Å². The SMILES string of the molecule is CNC(=O)[C@@H]1CN(C)CCN(C(=O)Cn2cc(Cl)cn2)C1. The second-order valence-electron chi connectivity index (χ2n) is 5.27. The third kappa shape index (κ3) is 4.18. The summed E-state index contributed by atoms with van der Waals surface area (Å²) in [6.07, 6.45) is 3.11. The summed E-state index contributed by atoms with van der Waals surface area (Å²) in [4.78, 5) is 28.0. The standard InChI is InChI=1S/C13H20ClN5O2/c1-15-13(21)10-6-17(2)3-4-18(7-10)12(20)9-19-8-11(14)5-16-19/h5,8,10H,3-4,6-7,9H2,1-2H3,(H,15,21)/t10-/m1/s1. The molecule has 0 radical (unpaired) electrons. The number of likely N-dealkylation sites (N-methyl/N-ethyl adjacent to an activating group) is 1. The molecule has 2 rings (SSSR count). The van der Waals surface area contributed by atoms with Crippen LogP contribution in [0.3, 0.4) is 0 Å². The van der Waals surface area contributed by atoms with Crippen molar-refractivity contribution in [3.63, 3.8) is 0 Å². The van der Waals surface area contributed by atoms with Gasteiger partial charge in [0.1, 0.15) is 6.54 Å². The molecule has 1 aliphatic rings. The minimum Gasteiger partial charge on any atom is -0.359 e. The van der Waals surface area contributed by atoms with E-state index in [0.29, 0.717) is 24.7 Å². The van der Waals surface area contributed by atoms with Gasteiger partial charge in [-0.1, -0.05) is 11.6 Å². The Labute approximate surface area is 128 Å². The number of nitrogens with one attached hydrogen (secondary N) is 1. The minimum atomic E-state index is -0.215. The number of hydrogen-bond acceptors (Lipinski definition) is 4. The van der Waals surface area contributed by atoms with E-state index in [1.807, 2.05) is 7.05 Å². The average molecular weight is 314 g/mol. The van der Waals surface area contributed by atoms with Crippen LogP contribution in [0, 0.1) is 5.92 Å². The molecule has 0 saturated carbocycles. The normalized spacial score (nSPS) is 20.1. The number of rotatable bonds is 3. The summed E-state index contributed by atoms with van der Waals surface area (Å²) < 4.78 is 1.51. The van der Waals surface area contributed by atoms with Gasteiger partial charge < -0.3 is 15.1 Å². The fourth-order valence-electron chi connectivity index (χ4n) is 2.43. The van der Waals surface area contributed by atoms with Gasteiger partial charge in [-0.2, -0.15) is 5.10 Å². The predicted molar refractivity (Wildman–Crippen MR) is 78.9 cm³/mol. The summed E-state index contributed by atoms with van der Waals surface area (Å²) in [5, 5.41) is 7.17. The lowest BCUT2D eigenvalue weighted by Gasteiger charge is -2.23. The van der Waals surface area contributed by atoms with Crippen LogP contribution < -0.4 is 5.32 Å². The fraction of sp³-hybridized carbons (Fsp3) is 0.615. The second kappa shape index (κ2) is 6.91. The van der Waals surface area contributed by atoms with Crippen molar-refractivity contribution < 1.29 is 9.59 Å². The fourth-order valence-corrected chi connectivity index (χ4v) is 2.59. The van der Waals surface area contributed by atoms with E-state index in [4.69, 9.17) is 11.6 Å². The van der Waals surface area contributed by atoms with E-state index >= 15 is 0 Å². The molecule has 1 fully saturated rings. The lowest BCUT2D eigenvalue weighted by atomic mass is 10.1. The maximum atomic E-state index is 12.4. The molecule has 116 valence electrons. The zero-order chi connectivity index (χ0) is 15.4. The molecule has 1 aromatic rings. The first-order chi connectivity index (χ1) is 9.99. The van der Waals surface area contributed by atoms with E-state index in [9.17, 15) is 9.59 Å². The molecule has 7 nitrogen and oxygen atoms in total. The monoisotopic (exact) mass is 313 g/mol. The maximum absolute atomic E-state index is 12.4. The summed E-state index contributed by atoms with van der Waals surface area (Å²) in [7, 11) is 3.57. The van der Waals surface area contributed by atoms with Gasteiger partial charge >= 0.3 is 0 Å². The quantitative estimate of drug-likeness (QED) is 0.830. The van der Waals surface area contributed by atoms with Crippen molar-refractivity contribution >= 4 is 23.4 Å². The molecule has 0 aliphatic carbocycles. The van der Waals surface area contributed by atoms with Gasteiger partial charge in [-0.15, -0.1) is 0 Å². The van der Waals surface area contributed by atoms with Crippen LogP contribution in [0.25, 0.3) is 0 Å². The smallest absolute Gasteiger partial charge is 0.244 e. The van der Waals surface area contributed by atoms with Crippen LogP contribution in [-0.4, -0.2) is 71.7 Å². The van der Waals surface area contributed by atoms with E-state index in [1.165, 1.54) is 10.9 Å². The number of carbonyl (C=O) groups is 2. The predicted octanol–water partition coefficient (Wildman–Crippen LogP) is -0.327. The molecule has 0 aromatic carbocycles. The van der Waals surface area contributed by atoms with E-state index < -0.39 is 0 Å². The van der Waals surface area contributed by atoms with Crippen LogP contribution in [0.2, 0.25) is 5.02 Å². The Kier molecular flexibility index (Phi) is 5.19. The molecule has 2 heterocycles.